The number of hydrogen-bond acceptors (Lipinski definition) is 7. The number of guanidine groups is 1. The third kappa shape index (κ3) is 4.70. The van der Waals surface area contributed by atoms with Crippen LogP contribution in [0.15, 0.2) is 4.99 Å². The molecule has 7 nitrogen and oxygen atoms in total. The molecule has 0 bridgehead atoms. The van der Waals surface area contributed by atoms with Gasteiger partial charge in [-0.1, -0.05) is 39.0 Å². The lowest BCUT2D eigenvalue weighted by molar-refractivity contribution is -0.192. The molecular weight excluding hydrogens is 322 g/mol. The third-order valence-corrected chi connectivity index (χ3v) is 4.53. The summed E-state index contributed by atoms with van der Waals surface area (Å²) in [5.74, 6) is 0.496. The number of hydrogen-bond donors (Lipinski definition) is 5. The lowest BCUT2D eigenvalue weighted by Gasteiger charge is -2.44. The molecule has 0 saturated carbocycles. The minimum absolute atomic E-state index is 0. The molecular formula is C15H30ClN3O4. The number of aliphatic imine (C=N–C) groups is 1. The van der Waals surface area contributed by atoms with Crippen LogP contribution in [0.3, 0.4) is 0 Å². The highest BCUT2D eigenvalue weighted by Gasteiger charge is 2.50. The number of aliphatic hydroxyl groups is 4. The largest absolute Gasteiger partial charge is 0.388 e. The summed E-state index contributed by atoms with van der Waals surface area (Å²) < 4.78 is 0. The fourth-order valence-corrected chi connectivity index (χ4v) is 3.12. The first-order valence-corrected chi connectivity index (χ1v) is 8.36. The van der Waals surface area contributed by atoms with Crippen LogP contribution in [0, 0.1) is 0 Å². The Kier molecular flexibility index (Phi) is 8.57. The molecule has 23 heavy (non-hydrogen) atoms. The number of fused-ring (bicyclic) bond motifs is 1. The van der Waals surface area contributed by atoms with Crippen LogP contribution in [0.1, 0.15) is 45.4 Å². The second-order valence-corrected chi connectivity index (χ2v) is 6.22. The first-order chi connectivity index (χ1) is 10.6. The van der Waals surface area contributed by atoms with Crippen molar-refractivity contribution in [1.29, 1.82) is 0 Å². The van der Waals surface area contributed by atoms with E-state index < -0.39 is 30.6 Å². The number of nitrogens with zero attached hydrogens (tertiary/aromatic N) is 2. The van der Waals surface area contributed by atoms with Gasteiger partial charge in [-0.25, -0.2) is 0 Å². The van der Waals surface area contributed by atoms with Crippen molar-refractivity contribution in [3.8, 4) is 0 Å². The van der Waals surface area contributed by atoms with E-state index in [2.05, 4.69) is 17.2 Å². The molecule has 2 heterocycles. The Morgan fingerprint density at radius 3 is 2.35 bits per heavy atom. The molecule has 0 radical (unpaired) electrons. The second-order valence-electron chi connectivity index (χ2n) is 6.22. The molecule has 5 atom stereocenters. The van der Waals surface area contributed by atoms with Crippen molar-refractivity contribution in [1.82, 2.24) is 10.2 Å². The highest BCUT2D eigenvalue weighted by Crippen LogP contribution is 2.27. The van der Waals surface area contributed by atoms with E-state index in [0.717, 1.165) is 19.4 Å². The van der Waals surface area contributed by atoms with Crippen LogP contribution in [0.25, 0.3) is 0 Å². The van der Waals surface area contributed by atoms with E-state index in [0.29, 0.717) is 12.5 Å². The number of piperidine rings is 1. The van der Waals surface area contributed by atoms with Crippen LogP contribution in [-0.4, -0.2) is 75.0 Å². The minimum atomic E-state index is -1.40. The Labute approximate surface area is 143 Å². The summed E-state index contributed by atoms with van der Waals surface area (Å²) in [7, 11) is 0. The van der Waals surface area contributed by atoms with Crippen molar-refractivity contribution in [3.05, 3.63) is 0 Å². The predicted octanol–water partition coefficient (Wildman–Crippen LogP) is -0.187. The number of nitrogens with one attached hydrogen (secondary N) is 1. The molecule has 5 N–H and O–H groups in total. The van der Waals surface area contributed by atoms with Gasteiger partial charge >= 0.3 is 0 Å². The van der Waals surface area contributed by atoms with Gasteiger partial charge in [-0.2, -0.15) is 0 Å². The molecule has 2 aliphatic heterocycles. The van der Waals surface area contributed by atoms with Crippen molar-refractivity contribution < 1.29 is 20.4 Å². The number of aliphatic hydroxyl groups excluding tert-OH is 4. The Morgan fingerprint density at radius 1 is 1.00 bits per heavy atom. The van der Waals surface area contributed by atoms with Crippen molar-refractivity contribution in [2.24, 2.45) is 4.99 Å². The molecule has 0 aromatic carbocycles. The normalized spacial score (nSPS) is 33.0. The number of unbranched alkanes of at least 4 members (excludes halogenated alkanes) is 5. The fourth-order valence-electron chi connectivity index (χ4n) is 3.12. The van der Waals surface area contributed by atoms with Crippen LogP contribution in [0.2, 0.25) is 0 Å². The Morgan fingerprint density at radius 2 is 1.65 bits per heavy atom. The van der Waals surface area contributed by atoms with E-state index in [-0.39, 0.29) is 12.4 Å². The van der Waals surface area contributed by atoms with Crippen molar-refractivity contribution in [2.75, 3.05) is 13.1 Å². The SMILES string of the molecule is CCCCCCCCNC1=NC[C@@H]2[C@@H](O)[C@H](O)[C@@H](O)[C@@H](O)N12.Cl. The summed E-state index contributed by atoms with van der Waals surface area (Å²) >= 11 is 0. The van der Waals surface area contributed by atoms with Crippen molar-refractivity contribution in [3.63, 3.8) is 0 Å². The fraction of sp³-hybridized carbons (Fsp3) is 0.933. The quantitative estimate of drug-likeness (QED) is 0.407. The summed E-state index contributed by atoms with van der Waals surface area (Å²) in [5, 5.41) is 42.7. The maximum Gasteiger partial charge on any atom is 0.196 e. The first-order valence-electron chi connectivity index (χ1n) is 8.36. The van der Waals surface area contributed by atoms with Crippen molar-refractivity contribution in [2.45, 2.75) is 76.0 Å². The average Bonchev–Trinajstić information content (AvgIpc) is 2.94. The van der Waals surface area contributed by atoms with Gasteiger partial charge in [0.2, 0.25) is 0 Å². The van der Waals surface area contributed by atoms with Gasteiger partial charge in [0.25, 0.3) is 0 Å². The summed E-state index contributed by atoms with van der Waals surface area (Å²) in [5.41, 5.74) is 0. The van der Waals surface area contributed by atoms with Crippen LogP contribution >= 0.6 is 12.4 Å². The first kappa shape index (κ1) is 20.4. The van der Waals surface area contributed by atoms with E-state index in [9.17, 15) is 20.4 Å². The summed E-state index contributed by atoms with van der Waals surface area (Å²) in [6.45, 7) is 3.25. The monoisotopic (exact) mass is 351 g/mol. The van der Waals surface area contributed by atoms with Gasteiger partial charge in [0, 0.05) is 6.54 Å². The highest BCUT2D eigenvalue weighted by molar-refractivity contribution is 5.85. The van der Waals surface area contributed by atoms with E-state index in [1.807, 2.05) is 0 Å². The molecule has 0 amide bonds. The smallest absolute Gasteiger partial charge is 0.196 e. The van der Waals surface area contributed by atoms with Gasteiger partial charge in [0.15, 0.2) is 12.2 Å². The Bertz CT molecular complexity index is 386. The van der Waals surface area contributed by atoms with Crippen LogP contribution in [0.4, 0.5) is 0 Å². The summed E-state index contributed by atoms with van der Waals surface area (Å²) in [6.07, 6.45) is 2.06. The molecule has 8 heteroatoms. The molecule has 0 aromatic heterocycles. The minimum Gasteiger partial charge on any atom is -0.388 e. The standard InChI is InChI=1S/C15H29N3O4.ClH/c1-2-3-4-5-6-7-8-16-15-17-9-10-11(19)12(20)13(21)14(22)18(10)15;/h10-14,19-22H,2-9H2,1H3,(H,16,17);1H/t10-,11-,12+,13-,14-;/m1./s1. The lowest BCUT2D eigenvalue weighted by atomic mass is 9.93. The molecule has 136 valence electrons. The Hall–Kier alpha value is -0.600. The van der Waals surface area contributed by atoms with Crippen LogP contribution in [0.5, 0.6) is 0 Å². The summed E-state index contributed by atoms with van der Waals surface area (Å²) in [4.78, 5) is 5.77. The molecule has 0 unspecified atom stereocenters. The molecule has 1 saturated heterocycles. The molecule has 0 aromatic rings. The van der Waals surface area contributed by atoms with Crippen LogP contribution < -0.4 is 5.32 Å². The molecule has 0 aliphatic carbocycles. The lowest BCUT2D eigenvalue weighted by Crippen LogP contribution is -2.67. The Balaban J connectivity index is 0.00000264. The molecule has 1 fully saturated rings. The van der Waals surface area contributed by atoms with Gasteiger partial charge in [0.05, 0.1) is 12.6 Å². The predicted molar refractivity (Wildman–Crippen MR) is 90.6 cm³/mol. The van der Waals surface area contributed by atoms with E-state index in [1.165, 1.54) is 30.6 Å². The topological polar surface area (TPSA) is 109 Å². The van der Waals surface area contributed by atoms with E-state index >= 15 is 0 Å². The average molecular weight is 352 g/mol. The zero-order valence-corrected chi connectivity index (χ0v) is 14.5. The van der Waals surface area contributed by atoms with E-state index in [4.69, 9.17) is 0 Å². The zero-order chi connectivity index (χ0) is 16.1. The van der Waals surface area contributed by atoms with Gasteiger partial charge in [-0.05, 0) is 6.42 Å². The molecule has 2 aliphatic rings. The van der Waals surface area contributed by atoms with Gasteiger partial charge in [-0.15, -0.1) is 12.4 Å². The maximum absolute atomic E-state index is 10.1. The number of rotatable bonds is 7. The zero-order valence-electron chi connectivity index (χ0n) is 13.6. The van der Waals surface area contributed by atoms with Crippen molar-refractivity contribution >= 4 is 18.4 Å². The summed E-state index contributed by atoms with van der Waals surface area (Å²) in [6, 6.07) is -0.486. The van der Waals surface area contributed by atoms with Gasteiger partial charge in [0.1, 0.15) is 18.3 Å². The third-order valence-electron chi connectivity index (χ3n) is 4.53. The van der Waals surface area contributed by atoms with E-state index in [1.54, 1.807) is 0 Å². The van der Waals surface area contributed by atoms with Crippen LogP contribution in [-0.2, 0) is 0 Å². The maximum atomic E-state index is 10.1. The second kappa shape index (κ2) is 9.64. The van der Waals surface area contributed by atoms with Gasteiger partial charge in [-0.3, -0.25) is 4.99 Å². The number of halogens is 1. The highest BCUT2D eigenvalue weighted by atomic mass is 35.5. The molecule has 0 spiro atoms. The van der Waals surface area contributed by atoms with Gasteiger partial charge < -0.3 is 30.6 Å². The molecule has 2 rings (SSSR count).